The Morgan fingerprint density at radius 3 is 2.87 bits per heavy atom. The second-order valence-corrected chi connectivity index (χ2v) is 3.68. The van der Waals surface area contributed by atoms with E-state index in [4.69, 9.17) is 4.74 Å². The summed E-state index contributed by atoms with van der Waals surface area (Å²) < 4.78 is 6.84. The zero-order valence-corrected chi connectivity index (χ0v) is 9.60. The van der Waals surface area contributed by atoms with Crippen molar-refractivity contribution < 1.29 is 9.53 Å². The van der Waals surface area contributed by atoms with Crippen LogP contribution < -0.4 is 4.74 Å². The van der Waals surface area contributed by atoms with Crippen molar-refractivity contribution in [3.8, 4) is 5.75 Å². The molecule has 0 spiro atoms. The molecule has 1 amide bonds. The zero-order chi connectivity index (χ0) is 11.4. The molecule has 1 aromatic heterocycles. The number of hydrogen-bond acceptors (Lipinski definition) is 3. The van der Waals surface area contributed by atoms with Gasteiger partial charge in [-0.1, -0.05) is 6.92 Å². The number of carbonyl (C=O) groups excluding carboxylic acids is 1. The number of rotatable bonds is 3. The van der Waals surface area contributed by atoms with Gasteiger partial charge in [-0.05, 0) is 13.3 Å². The van der Waals surface area contributed by atoms with Crippen LogP contribution in [-0.4, -0.2) is 34.9 Å². The van der Waals surface area contributed by atoms with Crippen LogP contribution in [0.1, 0.15) is 26.3 Å². The molecule has 0 bridgehead atoms. The van der Waals surface area contributed by atoms with Gasteiger partial charge < -0.3 is 9.64 Å². The Hall–Kier alpha value is -1.52. The summed E-state index contributed by atoms with van der Waals surface area (Å²) in [6.07, 6.45) is 3.88. The maximum atomic E-state index is 11.2. The number of hydrogen-bond donors (Lipinski definition) is 0. The molecular weight excluding hydrogens is 194 g/mol. The van der Waals surface area contributed by atoms with E-state index in [1.54, 1.807) is 31.2 Å². The van der Waals surface area contributed by atoms with E-state index in [9.17, 15) is 4.79 Å². The van der Waals surface area contributed by atoms with Crippen LogP contribution in [0.5, 0.6) is 5.75 Å². The molecule has 1 atom stereocenters. The molecule has 1 aromatic rings. The van der Waals surface area contributed by atoms with Crippen LogP contribution in [0.2, 0.25) is 0 Å². The highest BCUT2D eigenvalue weighted by Gasteiger charge is 2.10. The Balaban J connectivity index is 2.64. The molecule has 1 unspecified atom stereocenters. The maximum absolute atomic E-state index is 11.2. The van der Waals surface area contributed by atoms with Gasteiger partial charge in [-0.2, -0.15) is 5.10 Å². The maximum Gasteiger partial charge on any atom is 0.414 e. The summed E-state index contributed by atoms with van der Waals surface area (Å²) >= 11 is 0. The van der Waals surface area contributed by atoms with E-state index in [-0.39, 0.29) is 0 Å². The lowest BCUT2D eigenvalue weighted by molar-refractivity contribution is 0.172. The van der Waals surface area contributed by atoms with Crippen molar-refractivity contribution in [2.45, 2.75) is 26.3 Å². The lowest BCUT2D eigenvalue weighted by Crippen LogP contribution is -2.25. The molecule has 0 aromatic carbocycles. The molecule has 0 aliphatic rings. The van der Waals surface area contributed by atoms with Gasteiger partial charge >= 0.3 is 6.09 Å². The molecule has 5 heteroatoms. The first-order valence-electron chi connectivity index (χ1n) is 4.98. The minimum atomic E-state index is -0.390. The Morgan fingerprint density at radius 2 is 2.33 bits per heavy atom. The highest BCUT2D eigenvalue weighted by atomic mass is 16.6. The number of ether oxygens (including phenoxy) is 1. The first kappa shape index (κ1) is 11.6. The van der Waals surface area contributed by atoms with E-state index >= 15 is 0 Å². The Morgan fingerprint density at radius 1 is 1.67 bits per heavy atom. The average Bonchev–Trinajstić information content (AvgIpc) is 2.65. The first-order valence-corrected chi connectivity index (χ1v) is 4.98. The summed E-state index contributed by atoms with van der Waals surface area (Å²) in [5, 5.41) is 4.12. The monoisotopic (exact) mass is 211 g/mol. The van der Waals surface area contributed by atoms with Crippen molar-refractivity contribution in [3.63, 3.8) is 0 Å². The molecule has 0 saturated carbocycles. The highest BCUT2D eigenvalue weighted by molar-refractivity contribution is 5.69. The summed E-state index contributed by atoms with van der Waals surface area (Å²) in [4.78, 5) is 12.6. The second-order valence-electron chi connectivity index (χ2n) is 3.68. The molecule has 0 radical (unpaired) electrons. The summed E-state index contributed by atoms with van der Waals surface area (Å²) in [6.45, 7) is 4.14. The number of nitrogens with zero attached hydrogens (tertiary/aromatic N) is 3. The average molecular weight is 211 g/mol. The number of carbonyl (C=O) groups is 1. The van der Waals surface area contributed by atoms with Gasteiger partial charge in [-0.25, -0.2) is 4.79 Å². The van der Waals surface area contributed by atoms with Crippen LogP contribution in [0.15, 0.2) is 12.4 Å². The Labute approximate surface area is 89.6 Å². The molecule has 1 heterocycles. The summed E-state index contributed by atoms with van der Waals surface area (Å²) in [5.41, 5.74) is 0. The van der Waals surface area contributed by atoms with Gasteiger partial charge in [0.2, 0.25) is 0 Å². The molecule has 84 valence electrons. The Kier molecular flexibility index (Phi) is 3.71. The van der Waals surface area contributed by atoms with Crippen LogP contribution in [0.25, 0.3) is 0 Å². The molecule has 5 nitrogen and oxygen atoms in total. The minimum Gasteiger partial charge on any atom is -0.407 e. The van der Waals surface area contributed by atoms with Gasteiger partial charge in [0.1, 0.15) is 0 Å². The molecule has 0 saturated heterocycles. The SMILES string of the molecule is CCC(C)n1cc(OC(=O)N(C)C)cn1. The summed E-state index contributed by atoms with van der Waals surface area (Å²) in [5.74, 6) is 0.481. The van der Waals surface area contributed by atoms with Crippen LogP contribution >= 0.6 is 0 Å². The molecule has 15 heavy (non-hydrogen) atoms. The van der Waals surface area contributed by atoms with E-state index in [1.807, 2.05) is 0 Å². The molecule has 0 N–H and O–H groups in total. The molecule has 0 aliphatic heterocycles. The smallest absolute Gasteiger partial charge is 0.407 e. The molecule has 0 fully saturated rings. The number of aromatic nitrogens is 2. The molecule has 1 rings (SSSR count). The quantitative estimate of drug-likeness (QED) is 0.767. The standard InChI is InChI=1S/C10H17N3O2/c1-5-8(2)13-7-9(6-11-13)15-10(14)12(3)4/h6-8H,5H2,1-4H3. The van der Waals surface area contributed by atoms with Crippen LogP contribution in [-0.2, 0) is 0 Å². The zero-order valence-electron chi connectivity index (χ0n) is 9.60. The van der Waals surface area contributed by atoms with Crippen molar-refractivity contribution in [2.24, 2.45) is 0 Å². The minimum absolute atomic E-state index is 0.316. The lowest BCUT2D eigenvalue weighted by Gasteiger charge is -2.09. The summed E-state index contributed by atoms with van der Waals surface area (Å²) in [7, 11) is 3.28. The van der Waals surface area contributed by atoms with Crippen molar-refractivity contribution in [1.82, 2.24) is 14.7 Å². The van der Waals surface area contributed by atoms with Gasteiger partial charge in [0.25, 0.3) is 0 Å². The normalized spacial score (nSPS) is 12.3. The van der Waals surface area contributed by atoms with Crippen molar-refractivity contribution in [2.75, 3.05) is 14.1 Å². The predicted molar refractivity (Wildman–Crippen MR) is 56.9 cm³/mol. The third-order valence-electron chi connectivity index (χ3n) is 2.19. The largest absolute Gasteiger partial charge is 0.414 e. The third kappa shape index (κ3) is 2.97. The molecular formula is C10H17N3O2. The number of amides is 1. The van der Waals surface area contributed by atoms with Crippen molar-refractivity contribution >= 4 is 6.09 Å². The van der Waals surface area contributed by atoms with Gasteiger partial charge in [-0.15, -0.1) is 0 Å². The summed E-state index contributed by atoms with van der Waals surface area (Å²) in [6, 6.07) is 0.316. The van der Waals surface area contributed by atoms with Gasteiger partial charge in [0, 0.05) is 20.1 Å². The molecule has 0 aliphatic carbocycles. The fourth-order valence-electron chi connectivity index (χ4n) is 0.994. The van der Waals surface area contributed by atoms with Crippen LogP contribution in [0.4, 0.5) is 4.79 Å². The fraction of sp³-hybridized carbons (Fsp3) is 0.600. The topological polar surface area (TPSA) is 47.4 Å². The van der Waals surface area contributed by atoms with E-state index < -0.39 is 6.09 Å². The first-order chi connectivity index (χ1) is 7.04. The van der Waals surface area contributed by atoms with Crippen molar-refractivity contribution in [3.05, 3.63) is 12.4 Å². The fourth-order valence-corrected chi connectivity index (χ4v) is 0.994. The second kappa shape index (κ2) is 4.82. The lowest BCUT2D eigenvalue weighted by atomic mass is 10.3. The van der Waals surface area contributed by atoms with E-state index in [0.29, 0.717) is 11.8 Å². The van der Waals surface area contributed by atoms with E-state index in [1.165, 1.54) is 4.90 Å². The van der Waals surface area contributed by atoms with Gasteiger partial charge in [0.15, 0.2) is 5.75 Å². The van der Waals surface area contributed by atoms with Gasteiger partial charge in [-0.3, -0.25) is 4.68 Å². The van der Waals surface area contributed by atoms with Crippen LogP contribution in [0.3, 0.4) is 0 Å². The van der Waals surface area contributed by atoms with Gasteiger partial charge in [0.05, 0.1) is 12.4 Å². The van der Waals surface area contributed by atoms with E-state index in [0.717, 1.165) is 6.42 Å². The van der Waals surface area contributed by atoms with Crippen LogP contribution in [0, 0.1) is 0 Å². The van der Waals surface area contributed by atoms with Crippen molar-refractivity contribution in [1.29, 1.82) is 0 Å². The highest BCUT2D eigenvalue weighted by Crippen LogP contribution is 2.15. The van der Waals surface area contributed by atoms with E-state index in [2.05, 4.69) is 18.9 Å². The third-order valence-corrected chi connectivity index (χ3v) is 2.19. The Bertz CT molecular complexity index is 333. The predicted octanol–water partition coefficient (Wildman–Crippen LogP) is 1.91.